The highest BCUT2D eigenvalue weighted by molar-refractivity contribution is 5.96. The number of hydrogen-bond donors (Lipinski definition) is 0. The maximum Gasteiger partial charge on any atom is 0.341 e. The van der Waals surface area contributed by atoms with Crippen LogP contribution in [0.25, 0.3) is 0 Å². The normalized spacial score (nSPS) is 16.0. The van der Waals surface area contributed by atoms with E-state index in [-0.39, 0.29) is 18.6 Å². The summed E-state index contributed by atoms with van der Waals surface area (Å²) < 4.78 is 21.8. The fourth-order valence-corrected chi connectivity index (χ4v) is 3.17. The molecule has 3 rings (SSSR count). The SMILES string of the molecule is COC(=O)c1cc(CN(C)C(=O)c2ccccc2OCC2CCCO2)oc1C. The van der Waals surface area contributed by atoms with Crippen LogP contribution in [0.5, 0.6) is 5.75 Å². The van der Waals surface area contributed by atoms with Gasteiger partial charge in [0.05, 0.1) is 25.3 Å². The lowest BCUT2D eigenvalue weighted by Crippen LogP contribution is -2.27. The van der Waals surface area contributed by atoms with E-state index in [0.717, 1.165) is 19.4 Å². The maximum atomic E-state index is 12.9. The largest absolute Gasteiger partial charge is 0.490 e. The molecule has 0 saturated carbocycles. The van der Waals surface area contributed by atoms with Crippen molar-refractivity contribution in [2.24, 2.45) is 0 Å². The van der Waals surface area contributed by atoms with Crippen LogP contribution in [0.2, 0.25) is 0 Å². The van der Waals surface area contributed by atoms with Crippen LogP contribution in [-0.4, -0.2) is 50.3 Å². The number of methoxy groups -OCH3 is 1. The van der Waals surface area contributed by atoms with Crippen molar-refractivity contribution < 1.29 is 28.2 Å². The summed E-state index contributed by atoms with van der Waals surface area (Å²) in [5.41, 5.74) is 0.832. The fourth-order valence-electron chi connectivity index (χ4n) is 3.17. The van der Waals surface area contributed by atoms with Gasteiger partial charge >= 0.3 is 5.97 Å². The van der Waals surface area contributed by atoms with Crippen molar-refractivity contribution in [1.82, 2.24) is 4.90 Å². The van der Waals surface area contributed by atoms with Crippen LogP contribution in [0.4, 0.5) is 0 Å². The maximum absolute atomic E-state index is 12.9. The number of hydrogen-bond acceptors (Lipinski definition) is 6. The Kier molecular flexibility index (Phi) is 6.36. The zero-order chi connectivity index (χ0) is 20.1. The first-order chi connectivity index (χ1) is 13.5. The zero-order valence-electron chi connectivity index (χ0n) is 16.4. The molecule has 0 radical (unpaired) electrons. The molecule has 1 amide bonds. The summed E-state index contributed by atoms with van der Waals surface area (Å²) in [5, 5.41) is 0. The highest BCUT2D eigenvalue weighted by Gasteiger charge is 2.22. The van der Waals surface area contributed by atoms with Gasteiger partial charge in [0.15, 0.2) is 0 Å². The molecular weight excluding hydrogens is 362 g/mol. The minimum absolute atomic E-state index is 0.0729. The number of furan rings is 1. The number of amides is 1. The number of rotatable bonds is 7. The monoisotopic (exact) mass is 387 g/mol. The number of carbonyl (C=O) groups excluding carboxylic acids is 2. The standard InChI is InChI=1S/C21H25NO6/c1-14-18(21(24)25-3)11-16(28-14)12-22(2)20(23)17-8-4-5-9-19(17)27-13-15-7-6-10-26-15/h4-5,8-9,11,15H,6-7,10,12-13H2,1-3H3. The Hall–Kier alpha value is -2.80. The summed E-state index contributed by atoms with van der Waals surface area (Å²) >= 11 is 0. The van der Waals surface area contributed by atoms with Gasteiger partial charge in [0.2, 0.25) is 0 Å². The van der Waals surface area contributed by atoms with E-state index in [1.54, 1.807) is 38.2 Å². The summed E-state index contributed by atoms with van der Waals surface area (Å²) in [4.78, 5) is 26.2. The van der Waals surface area contributed by atoms with Gasteiger partial charge in [-0.1, -0.05) is 12.1 Å². The number of nitrogens with zero attached hydrogens (tertiary/aromatic N) is 1. The van der Waals surface area contributed by atoms with Gasteiger partial charge in [-0.25, -0.2) is 4.79 Å². The molecule has 1 aliphatic rings. The van der Waals surface area contributed by atoms with Gasteiger partial charge in [-0.05, 0) is 38.0 Å². The number of aryl methyl sites for hydroxylation is 1. The Labute approximate surface area is 164 Å². The molecule has 7 heteroatoms. The molecule has 1 atom stereocenters. The lowest BCUT2D eigenvalue weighted by atomic mass is 10.1. The van der Waals surface area contributed by atoms with Crippen molar-refractivity contribution in [3.05, 3.63) is 53.0 Å². The van der Waals surface area contributed by atoms with E-state index < -0.39 is 5.97 Å². The van der Waals surface area contributed by atoms with Gasteiger partial charge in [0.1, 0.15) is 29.4 Å². The first-order valence-electron chi connectivity index (χ1n) is 9.26. The van der Waals surface area contributed by atoms with Crippen molar-refractivity contribution in [3.63, 3.8) is 0 Å². The average Bonchev–Trinajstić information content (AvgIpc) is 3.35. The quantitative estimate of drug-likeness (QED) is 0.679. The Morgan fingerprint density at radius 2 is 2.04 bits per heavy atom. The van der Waals surface area contributed by atoms with E-state index in [0.29, 0.717) is 35.0 Å². The molecular formula is C21H25NO6. The summed E-state index contributed by atoms with van der Waals surface area (Å²) in [5.74, 6) is 0.834. The van der Waals surface area contributed by atoms with Crippen molar-refractivity contribution in [1.29, 1.82) is 0 Å². The lowest BCUT2D eigenvalue weighted by Gasteiger charge is -2.19. The second-order valence-corrected chi connectivity index (χ2v) is 6.78. The molecule has 1 aromatic carbocycles. The van der Waals surface area contributed by atoms with E-state index in [2.05, 4.69) is 0 Å². The molecule has 150 valence electrons. The average molecular weight is 387 g/mol. The number of benzene rings is 1. The van der Waals surface area contributed by atoms with Crippen LogP contribution in [0.1, 0.15) is 45.1 Å². The smallest absolute Gasteiger partial charge is 0.341 e. The summed E-state index contributed by atoms with van der Waals surface area (Å²) in [6.45, 7) is 3.09. The van der Waals surface area contributed by atoms with Crippen LogP contribution < -0.4 is 4.74 Å². The second kappa shape index (κ2) is 8.93. The van der Waals surface area contributed by atoms with Crippen LogP contribution in [-0.2, 0) is 16.0 Å². The van der Waals surface area contributed by atoms with Gasteiger partial charge in [-0.3, -0.25) is 4.79 Å². The predicted molar refractivity (Wildman–Crippen MR) is 101 cm³/mol. The minimum atomic E-state index is -0.464. The van der Waals surface area contributed by atoms with Gasteiger partial charge in [-0.15, -0.1) is 0 Å². The van der Waals surface area contributed by atoms with Gasteiger partial charge in [-0.2, -0.15) is 0 Å². The second-order valence-electron chi connectivity index (χ2n) is 6.78. The first-order valence-corrected chi connectivity index (χ1v) is 9.26. The van der Waals surface area contributed by atoms with E-state index in [1.165, 1.54) is 12.0 Å². The van der Waals surface area contributed by atoms with Crippen LogP contribution in [0.3, 0.4) is 0 Å². The molecule has 2 aromatic rings. The molecule has 0 bridgehead atoms. The first kappa shape index (κ1) is 19.9. The molecule has 28 heavy (non-hydrogen) atoms. The predicted octanol–water partition coefficient (Wildman–Crippen LogP) is 3.20. The zero-order valence-corrected chi connectivity index (χ0v) is 16.4. The molecule has 0 spiro atoms. The summed E-state index contributed by atoms with van der Waals surface area (Å²) in [6.07, 6.45) is 2.08. The van der Waals surface area contributed by atoms with Crippen LogP contribution >= 0.6 is 0 Å². The highest BCUT2D eigenvalue weighted by atomic mass is 16.5. The van der Waals surface area contributed by atoms with Crippen LogP contribution in [0, 0.1) is 6.92 Å². The summed E-state index contributed by atoms with van der Waals surface area (Å²) in [6, 6.07) is 8.75. The number of carbonyl (C=O) groups is 2. The highest BCUT2D eigenvalue weighted by Crippen LogP contribution is 2.23. The molecule has 0 N–H and O–H groups in total. The van der Waals surface area contributed by atoms with E-state index in [9.17, 15) is 9.59 Å². The van der Waals surface area contributed by atoms with Gasteiger partial charge in [0, 0.05) is 13.7 Å². The molecule has 1 aromatic heterocycles. The van der Waals surface area contributed by atoms with E-state index in [1.807, 2.05) is 6.07 Å². The van der Waals surface area contributed by atoms with E-state index >= 15 is 0 Å². The number of esters is 1. The van der Waals surface area contributed by atoms with E-state index in [4.69, 9.17) is 18.6 Å². The van der Waals surface area contributed by atoms with Crippen LogP contribution in [0.15, 0.2) is 34.7 Å². The summed E-state index contributed by atoms with van der Waals surface area (Å²) in [7, 11) is 2.99. The molecule has 1 fully saturated rings. The third kappa shape index (κ3) is 4.54. The Bertz CT molecular complexity index is 837. The topological polar surface area (TPSA) is 78.2 Å². The molecule has 1 aliphatic heterocycles. The number of para-hydroxylation sites is 1. The third-order valence-electron chi connectivity index (χ3n) is 4.68. The third-order valence-corrected chi connectivity index (χ3v) is 4.68. The number of ether oxygens (including phenoxy) is 3. The molecule has 2 heterocycles. The molecule has 7 nitrogen and oxygen atoms in total. The van der Waals surface area contributed by atoms with Crippen molar-refractivity contribution in [2.45, 2.75) is 32.4 Å². The minimum Gasteiger partial charge on any atom is -0.490 e. The molecule has 1 unspecified atom stereocenters. The van der Waals surface area contributed by atoms with Crippen molar-refractivity contribution >= 4 is 11.9 Å². The Morgan fingerprint density at radius 3 is 2.75 bits per heavy atom. The van der Waals surface area contributed by atoms with Crippen molar-refractivity contribution in [3.8, 4) is 5.75 Å². The van der Waals surface area contributed by atoms with Crippen molar-refractivity contribution in [2.75, 3.05) is 27.4 Å². The Balaban J connectivity index is 1.68. The molecule has 0 aliphatic carbocycles. The van der Waals surface area contributed by atoms with Gasteiger partial charge < -0.3 is 23.5 Å². The fraction of sp³-hybridized carbons (Fsp3) is 0.429. The molecule has 1 saturated heterocycles. The van der Waals surface area contributed by atoms with Gasteiger partial charge in [0.25, 0.3) is 5.91 Å². The lowest BCUT2D eigenvalue weighted by molar-refractivity contribution is 0.0598. The Morgan fingerprint density at radius 1 is 1.25 bits per heavy atom.